The van der Waals surface area contributed by atoms with E-state index in [0.717, 1.165) is 0 Å². The number of carbonyl (C=O) groups excluding carboxylic acids is 1. The maximum absolute atomic E-state index is 12.3. The Morgan fingerprint density at radius 1 is 1.45 bits per heavy atom. The monoisotopic (exact) mass is 312 g/mol. The summed E-state index contributed by atoms with van der Waals surface area (Å²) < 4.78 is 1.55. The summed E-state index contributed by atoms with van der Waals surface area (Å²) in [5.41, 5.74) is 7.64. The first-order valence-corrected chi connectivity index (χ1v) is 6.79. The molecule has 7 heteroatoms. The Bertz CT molecular complexity index is 667. The van der Waals surface area contributed by atoms with Gasteiger partial charge in [-0.25, -0.2) is 0 Å². The van der Waals surface area contributed by atoms with Crippen molar-refractivity contribution in [2.24, 2.45) is 0 Å². The number of carbonyl (C=O) groups is 1. The average molecular weight is 313 g/mol. The smallest absolute Gasteiger partial charge is 0.276 e. The molecule has 1 amide bonds. The fourth-order valence-corrected chi connectivity index (χ4v) is 2.19. The molecule has 0 unspecified atom stereocenters. The Labute approximate surface area is 126 Å². The summed E-state index contributed by atoms with van der Waals surface area (Å²) in [4.78, 5) is 12.3. The van der Waals surface area contributed by atoms with Crippen molar-refractivity contribution in [2.75, 3.05) is 11.1 Å². The zero-order valence-corrected chi connectivity index (χ0v) is 12.6. The lowest BCUT2D eigenvalue weighted by Gasteiger charge is -2.09. The zero-order chi connectivity index (χ0) is 14.9. The van der Waals surface area contributed by atoms with Crippen LogP contribution in [-0.4, -0.2) is 15.7 Å². The number of amides is 1. The van der Waals surface area contributed by atoms with E-state index in [-0.39, 0.29) is 5.91 Å². The molecule has 1 aromatic carbocycles. The van der Waals surface area contributed by atoms with Crippen LogP contribution in [0.3, 0.4) is 0 Å². The minimum atomic E-state index is -0.367. The van der Waals surface area contributed by atoms with Gasteiger partial charge in [0.25, 0.3) is 5.91 Å². The average Bonchev–Trinajstić information content (AvgIpc) is 2.70. The van der Waals surface area contributed by atoms with Gasteiger partial charge in [0.1, 0.15) is 5.69 Å². The van der Waals surface area contributed by atoms with Crippen LogP contribution in [0.1, 0.15) is 23.1 Å². The minimum absolute atomic E-state index is 0.292. The molecule has 1 heterocycles. The number of halogens is 2. The Morgan fingerprint density at radius 2 is 2.15 bits per heavy atom. The zero-order valence-electron chi connectivity index (χ0n) is 11.1. The van der Waals surface area contributed by atoms with Crippen LogP contribution >= 0.6 is 23.2 Å². The second kappa shape index (κ2) is 5.73. The molecule has 2 rings (SSSR count). The van der Waals surface area contributed by atoms with E-state index in [1.54, 1.807) is 29.8 Å². The number of aryl methyl sites for hydroxylation is 2. The van der Waals surface area contributed by atoms with Gasteiger partial charge < -0.3 is 11.1 Å². The van der Waals surface area contributed by atoms with Gasteiger partial charge in [0.05, 0.1) is 27.1 Å². The van der Waals surface area contributed by atoms with E-state index in [2.05, 4.69) is 10.4 Å². The number of nitrogens with zero attached hydrogens (tertiary/aromatic N) is 2. The third-order valence-electron chi connectivity index (χ3n) is 2.89. The fourth-order valence-electron chi connectivity index (χ4n) is 1.85. The van der Waals surface area contributed by atoms with Crippen LogP contribution in [0.2, 0.25) is 10.0 Å². The van der Waals surface area contributed by atoms with Crippen molar-refractivity contribution in [2.45, 2.75) is 20.4 Å². The van der Waals surface area contributed by atoms with Crippen LogP contribution < -0.4 is 11.1 Å². The van der Waals surface area contributed by atoms with Crippen molar-refractivity contribution in [3.05, 3.63) is 39.6 Å². The molecule has 1 aromatic heterocycles. The normalized spacial score (nSPS) is 10.6. The molecule has 2 aromatic rings. The Morgan fingerprint density at radius 3 is 2.80 bits per heavy atom. The molecular formula is C13H14Cl2N4O. The number of rotatable bonds is 3. The van der Waals surface area contributed by atoms with Gasteiger partial charge in [0.2, 0.25) is 0 Å². The van der Waals surface area contributed by atoms with E-state index in [0.29, 0.717) is 39.4 Å². The topological polar surface area (TPSA) is 72.9 Å². The number of benzene rings is 1. The largest absolute Gasteiger partial charge is 0.395 e. The minimum Gasteiger partial charge on any atom is -0.395 e. The first-order valence-electron chi connectivity index (χ1n) is 6.04. The van der Waals surface area contributed by atoms with E-state index in [1.165, 1.54) is 0 Å². The fraction of sp³-hybridized carbons (Fsp3) is 0.231. The predicted molar refractivity (Wildman–Crippen MR) is 81.5 cm³/mol. The van der Waals surface area contributed by atoms with E-state index in [1.807, 2.05) is 6.92 Å². The predicted octanol–water partition coefficient (Wildman–Crippen LogP) is 3.35. The van der Waals surface area contributed by atoms with E-state index < -0.39 is 0 Å². The Hall–Kier alpha value is -1.72. The van der Waals surface area contributed by atoms with Gasteiger partial charge in [0.15, 0.2) is 0 Å². The molecule has 20 heavy (non-hydrogen) atoms. The summed E-state index contributed by atoms with van der Waals surface area (Å²) in [6.07, 6.45) is 0. The number of nitrogens with two attached hydrogens (primary N) is 1. The van der Waals surface area contributed by atoms with Crippen molar-refractivity contribution in [3.8, 4) is 0 Å². The molecule has 0 radical (unpaired) electrons. The number of aromatic nitrogens is 2. The maximum Gasteiger partial charge on any atom is 0.276 e. The van der Waals surface area contributed by atoms with Gasteiger partial charge in [-0.15, -0.1) is 0 Å². The number of anilines is 2. The summed E-state index contributed by atoms with van der Waals surface area (Å²) in [7, 11) is 0. The van der Waals surface area contributed by atoms with E-state index in [9.17, 15) is 4.79 Å². The number of nitrogen functional groups attached to an aromatic ring is 1. The lowest BCUT2D eigenvalue weighted by Crippen LogP contribution is -2.19. The molecule has 0 saturated carbocycles. The highest BCUT2D eigenvalue weighted by atomic mass is 35.5. The second-order valence-electron chi connectivity index (χ2n) is 4.22. The van der Waals surface area contributed by atoms with Crippen LogP contribution in [0.4, 0.5) is 11.4 Å². The molecule has 0 aliphatic heterocycles. The molecule has 5 nitrogen and oxygen atoms in total. The quantitative estimate of drug-likeness (QED) is 0.912. The summed E-state index contributed by atoms with van der Waals surface area (Å²) in [6.45, 7) is 4.18. The summed E-state index contributed by atoms with van der Waals surface area (Å²) in [6, 6.07) is 5.02. The van der Waals surface area contributed by atoms with Crippen LogP contribution in [0.25, 0.3) is 0 Å². The number of nitrogens with one attached hydrogen (secondary N) is 1. The third-order valence-corrected chi connectivity index (χ3v) is 3.71. The van der Waals surface area contributed by atoms with Gasteiger partial charge in [-0.3, -0.25) is 9.48 Å². The van der Waals surface area contributed by atoms with E-state index in [4.69, 9.17) is 28.9 Å². The molecule has 106 valence electrons. The molecule has 0 aliphatic carbocycles. The molecule has 3 N–H and O–H groups in total. The first kappa shape index (κ1) is 14.7. The summed E-state index contributed by atoms with van der Waals surface area (Å²) in [5, 5.41) is 7.57. The van der Waals surface area contributed by atoms with Gasteiger partial charge in [-0.05, 0) is 26.0 Å². The highest BCUT2D eigenvalue weighted by Crippen LogP contribution is 2.30. The molecular weight excluding hydrogens is 299 g/mol. The van der Waals surface area contributed by atoms with Crippen LogP contribution in [0.5, 0.6) is 0 Å². The van der Waals surface area contributed by atoms with Gasteiger partial charge >= 0.3 is 0 Å². The lowest BCUT2D eigenvalue weighted by molar-refractivity contribution is 0.101. The SMILES string of the molecule is CCn1nc(C)c(N)c1C(=O)Nc1cccc(Cl)c1Cl. The third kappa shape index (κ3) is 2.59. The van der Waals surface area contributed by atoms with Crippen molar-refractivity contribution in [1.82, 2.24) is 9.78 Å². The Kier molecular flexibility index (Phi) is 4.20. The molecule has 0 spiro atoms. The standard InChI is InChI=1S/C13H14Cl2N4O/c1-3-19-12(11(16)7(2)18-19)13(20)17-9-6-4-5-8(14)10(9)15/h4-6H,3,16H2,1-2H3,(H,17,20). The second-order valence-corrected chi connectivity index (χ2v) is 5.00. The van der Waals surface area contributed by atoms with Gasteiger partial charge in [0, 0.05) is 6.54 Å². The highest BCUT2D eigenvalue weighted by Gasteiger charge is 2.20. The molecule has 0 bridgehead atoms. The van der Waals surface area contributed by atoms with Crippen molar-refractivity contribution in [1.29, 1.82) is 0 Å². The van der Waals surface area contributed by atoms with Crippen molar-refractivity contribution < 1.29 is 4.79 Å². The molecule has 0 aliphatic rings. The molecule has 0 atom stereocenters. The number of hydrogen-bond acceptors (Lipinski definition) is 3. The van der Waals surface area contributed by atoms with E-state index >= 15 is 0 Å². The Balaban J connectivity index is 2.36. The van der Waals surface area contributed by atoms with Crippen LogP contribution in [-0.2, 0) is 6.54 Å². The van der Waals surface area contributed by atoms with Crippen molar-refractivity contribution >= 4 is 40.5 Å². The maximum atomic E-state index is 12.3. The molecule has 0 fully saturated rings. The summed E-state index contributed by atoms with van der Waals surface area (Å²) >= 11 is 12.0. The van der Waals surface area contributed by atoms with Crippen LogP contribution in [0.15, 0.2) is 18.2 Å². The van der Waals surface area contributed by atoms with Gasteiger partial charge in [-0.2, -0.15) is 5.10 Å². The van der Waals surface area contributed by atoms with Crippen molar-refractivity contribution in [3.63, 3.8) is 0 Å². The lowest BCUT2D eigenvalue weighted by atomic mass is 10.2. The highest BCUT2D eigenvalue weighted by molar-refractivity contribution is 6.44. The summed E-state index contributed by atoms with van der Waals surface area (Å²) in [5.74, 6) is -0.367. The van der Waals surface area contributed by atoms with Gasteiger partial charge in [-0.1, -0.05) is 29.3 Å². The molecule has 0 saturated heterocycles. The van der Waals surface area contributed by atoms with Crippen LogP contribution in [0, 0.1) is 6.92 Å². The first-order chi connectivity index (χ1) is 9.45. The number of hydrogen-bond donors (Lipinski definition) is 2.